The van der Waals surface area contributed by atoms with Crippen molar-refractivity contribution in [2.45, 2.75) is 83.7 Å². The molecule has 1 aliphatic rings. The van der Waals surface area contributed by atoms with Crippen LogP contribution in [0.5, 0.6) is 0 Å². The minimum atomic E-state index is -0.842. The molecule has 1 saturated heterocycles. The number of halogens is 3. The molecule has 1 heterocycles. The Kier molecular flexibility index (Phi) is 9.25. The second-order valence-electron chi connectivity index (χ2n) is 10.0. The molecule has 4 rings (SSSR count). The zero-order valence-electron chi connectivity index (χ0n) is 21.5. The van der Waals surface area contributed by atoms with E-state index >= 15 is 4.39 Å². The van der Waals surface area contributed by atoms with Crippen molar-refractivity contribution in [1.82, 2.24) is 0 Å². The summed E-state index contributed by atoms with van der Waals surface area (Å²) < 4.78 is 50.0. The van der Waals surface area contributed by atoms with Crippen molar-refractivity contribution in [3.05, 3.63) is 83.2 Å². The van der Waals surface area contributed by atoms with Crippen LogP contribution in [0, 0.1) is 17.5 Å². The highest BCUT2D eigenvalue weighted by atomic mass is 19.2. The van der Waals surface area contributed by atoms with Gasteiger partial charge in [0.1, 0.15) is 5.82 Å². The Morgan fingerprint density at radius 2 is 1.44 bits per heavy atom. The van der Waals surface area contributed by atoms with Gasteiger partial charge in [0.25, 0.3) is 0 Å². The highest BCUT2D eigenvalue weighted by Crippen LogP contribution is 2.34. The third kappa shape index (κ3) is 6.21. The summed E-state index contributed by atoms with van der Waals surface area (Å²) in [5.74, 6) is -1.70. The van der Waals surface area contributed by atoms with Crippen LogP contribution in [0.4, 0.5) is 13.2 Å². The Bertz CT molecular complexity index is 1130. The van der Waals surface area contributed by atoms with Crippen LogP contribution in [0.2, 0.25) is 0 Å². The van der Waals surface area contributed by atoms with E-state index < -0.39 is 11.6 Å². The van der Waals surface area contributed by atoms with Crippen LogP contribution in [0.1, 0.15) is 82.3 Å². The van der Waals surface area contributed by atoms with E-state index in [1.54, 1.807) is 49.4 Å². The van der Waals surface area contributed by atoms with Gasteiger partial charge >= 0.3 is 0 Å². The van der Waals surface area contributed by atoms with Gasteiger partial charge in [-0.3, -0.25) is 0 Å². The van der Waals surface area contributed by atoms with Crippen molar-refractivity contribution >= 4 is 0 Å². The van der Waals surface area contributed by atoms with Crippen molar-refractivity contribution in [2.24, 2.45) is 0 Å². The molecule has 1 aliphatic heterocycles. The van der Waals surface area contributed by atoms with Crippen LogP contribution < -0.4 is 0 Å². The first-order chi connectivity index (χ1) is 17.5. The molecular formula is C32H37F3O. The lowest BCUT2D eigenvalue weighted by atomic mass is 9.89. The van der Waals surface area contributed by atoms with E-state index in [1.165, 1.54) is 32.1 Å². The monoisotopic (exact) mass is 494 g/mol. The Labute approximate surface area is 213 Å². The molecule has 0 saturated carbocycles. The van der Waals surface area contributed by atoms with Gasteiger partial charge in [0.05, 0.1) is 12.7 Å². The quantitative estimate of drug-likeness (QED) is 0.255. The van der Waals surface area contributed by atoms with Crippen molar-refractivity contribution in [3.63, 3.8) is 0 Å². The Hall–Kier alpha value is -2.59. The van der Waals surface area contributed by atoms with Gasteiger partial charge in [-0.1, -0.05) is 94.5 Å². The Morgan fingerprint density at radius 1 is 0.750 bits per heavy atom. The summed E-state index contributed by atoms with van der Waals surface area (Å²) >= 11 is 0. The van der Waals surface area contributed by atoms with E-state index in [-0.39, 0.29) is 17.3 Å². The van der Waals surface area contributed by atoms with Gasteiger partial charge in [0.15, 0.2) is 11.6 Å². The van der Waals surface area contributed by atoms with E-state index in [2.05, 4.69) is 6.92 Å². The maximum absolute atomic E-state index is 15.1. The lowest BCUT2D eigenvalue weighted by Gasteiger charge is -2.29. The first kappa shape index (κ1) is 26.5. The van der Waals surface area contributed by atoms with E-state index in [1.807, 2.05) is 12.1 Å². The first-order valence-electron chi connectivity index (χ1n) is 13.5. The molecule has 2 unspecified atom stereocenters. The third-order valence-electron chi connectivity index (χ3n) is 7.51. The van der Waals surface area contributed by atoms with Gasteiger partial charge in [-0.2, -0.15) is 0 Å². The highest BCUT2D eigenvalue weighted by molar-refractivity contribution is 5.71. The van der Waals surface area contributed by atoms with Gasteiger partial charge in [-0.15, -0.1) is 0 Å². The minimum Gasteiger partial charge on any atom is -0.378 e. The number of hydrogen-bond acceptors (Lipinski definition) is 1. The molecule has 2 atom stereocenters. The SMILES string of the molecule is CCCCCCCC1CCC(c2ccc(-c3ccc(-c4ccc(CC)c(F)c4F)cc3)c(F)c2)CO1. The molecule has 4 heteroatoms. The number of aryl methyl sites for hydroxylation is 1. The van der Waals surface area contributed by atoms with Crippen LogP contribution in [0.3, 0.4) is 0 Å². The standard InChI is InChI=1S/C32H37F3O/c1-3-5-6-7-8-9-27-17-14-26(21-36-27)25-16-18-28(30(33)20-25)23-10-12-24(13-11-23)29-19-15-22(4-2)31(34)32(29)35/h10-13,15-16,18-20,26-27H,3-9,14,17,21H2,1-2H3. The van der Waals surface area contributed by atoms with Crippen LogP contribution in [0.25, 0.3) is 22.3 Å². The predicted molar refractivity (Wildman–Crippen MR) is 142 cm³/mol. The summed E-state index contributed by atoms with van der Waals surface area (Å²) in [6.07, 6.45) is 10.3. The summed E-state index contributed by atoms with van der Waals surface area (Å²) in [6.45, 7) is 4.67. The van der Waals surface area contributed by atoms with Crippen LogP contribution in [-0.4, -0.2) is 12.7 Å². The van der Waals surface area contributed by atoms with Gasteiger partial charge in [-0.05, 0) is 54.0 Å². The molecule has 1 nitrogen and oxygen atoms in total. The summed E-state index contributed by atoms with van der Waals surface area (Å²) in [7, 11) is 0. The largest absolute Gasteiger partial charge is 0.378 e. The van der Waals surface area contributed by atoms with Crippen molar-refractivity contribution in [1.29, 1.82) is 0 Å². The molecule has 36 heavy (non-hydrogen) atoms. The van der Waals surface area contributed by atoms with E-state index in [0.717, 1.165) is 24.8 Å². The normalized spacial score (nSPS) is 17.9. The van der Waals surface area contributed by atoms with Crippen LogP contribution >= 0.6 is 0 Å². The van der Waals surface area contributed by atoms with Crippen molar-refractivity contribution in [2.75, 3.05) is 6.61 Å². The molecule has 3 aromatic carbocycles. The second-order valence-corrected chi connectivity index (χ2v) is 10.0. The van der Waals surface area contributed by atoms with Gasteiger partial charge in [0.2, 0.25) is 0 Å². The minimum absolute atomic E-state index is 0.212. The lowest BCUT2D eigenvalue weighted by molar-refractivity contribution is -0.00217. The maximum atomic E-state index is 15.1. The topological polar surface area (TPSA) is 9.23 Å². The molecule has 3 aromatic rings. The zero-order chi connectivity index (χ0) is 25.5. The average molecular weight is 495 g/mol. The van der Waals surface area contributed by atoms with E-state index in [9.17, 15) is 8.78 Å². The fraction of sp³-hybridized carbons (Fsp3) is 0.438. The molecule has 0 aliphatic carbocycles. The second kappa shape index (κ2) is 12.6. The maximum Gasteiger partial charge on any atom is 0.166 e. The van der Waals surface area contributed by atoms with Gasteiger partial charge in [-0.25, -0.2) is 13.2 Å². The molecule has 0 radical (unpaired) electrons. The van der Waals surface area contributed by atoms with Gasteiger partial charge < -0.3 is 4.74 Å². The average Bonchev–Trinajstić information content (AvgIpc) is 2.91. The Balaban J connectivity index is 1.38. The Morgan fingerprint density at radius 3 is 2.08 bits per heavy atom. The number of rotatable bonds is 10. The molecule has 0 N–H and O–H groups in total. The molecule has 0 spiro atoms. The fourth-order valence-corrected chi connectivity index (χ4v) is 5.21. The van der Waals surface area contributed by atoms with Crippen molar-refractivity contribution in [3.8, 4) is 22.3 Å². The summed E-state index contributed by atoms with van der Waals surface area (Å²) in [5.41, 5.74) is 3.31. The number of unbranched alkanes of at least 4 members (excludes halogenated alkanes) is 4. The van der Waals surface area contributed by atoms with Gasteiger partial charge in [0, 0.05) is 17.0 Å². The zero-order valence-corrected chi connectivity index (χ0v) is 21.5. The molecule has 0 amide bonds. The lowest BCUT2D eigenvalue weighted by Crippen LogP contribution is -2.24. The molecule has 1 fully saturated rings. The third-order valence-corrected chi connectivity index (χ3v) is 7.51. The van der Waals surface area contributed by atoms with E-state index in [4.69, 9.17) is 4.74 Å². The van der Waals surface area contributed by atoms with E-state index in [0.29, 0.717) is 41.4 Å². The summed E-state index contributed by atoms with van der Waals surface area (Å²) in [4.78, 5) is 0. The predicted octanol–water partition coefficient (Wildman–Crippen LogP) is 9.62. The smallest absolute Gasteiger partial charge is 0.166 e. The summed E-state index contributed by atoms with van der Waals surface area (Å²) in [6, 6.07) is 15.6. The van der Waals surface area contributed by atoms with Crippen LogP contribution in [-0.2, 0) is 11.2 Å². The number of benzene rings is 3. The molecule has 0 aromatic heterocycles. The molecular weight excluding hydrogens is 457 g/mol. The molecule has 0 bridgehead atoms. The summed E-state index contributed by atoms with van der Waals surface area (Å²) in [5, 5.41) is 0. The molecule has 192 valence electrons. The first-order valence-corrected chi connectivity index (χ1v) is 13.5. The number of ether oxygens (including phenoxy) is 1. The fourth-order valence-electron chi connectivity index (χ4n) is 5.21. The number of hydrogen-bond donors (Lipinski definition) is 0. The van der Waals surface area contributed by atoms with Crippen LogP contribution in [0.15, 0.2) is 54.6 Å². The van der Waals surface area contributed by atoms with Crippen molar-refractivity contribution < 1.29 is 17.9 Å². The highest BCUT2D eigenvalue weighted by Gasteiger charge is 2.23.